The summed E-state index contributed by atoms with van der Waals surface area (Å²) in [7, 11) is 0. The fourth-order valence-corrected chi connectivity index (χ4v) is 2.30. The average Bonchev–Trinajstić information content (AvgIpc) is 2.31. The fraction of sp³-hybridized carbons (Fsp3) is 0.833. The van der Waals surface area contributed by atoms with E-state index in [0.29, 0.717) is 11.7 Å². The molecule has 1 nitrogen and oxygen atoms in total. The Morgan fingerprint density at radius 1 is 1.75 bits per heavy atom. The van der Waals surface area contributed by atoms with Gasteiger partial charge in [0.15, 0.2) is 0 Å². The summed E-state index contributed by atoms with van der Waals surface area (Å²) in [5, 5.41) is 0. The Morgan fingerprint density at radius 2 is 2.50 bits per heavy atom. The highest BCUT2D eigenvalue weighted by Crippen LogP contribution is 2.59. The van der Waals surface area contributed by atoms with Gasteiger partial charge in [-0.25, -0.2) is 0 Å². The number of halogens is 1. The quantitative estimate of drug-likeness (QED) is 0.510. The van der Waals surface area contributed by atoms with E-state index in [9.17, 15) is 4.79 Å². The number of hydrogen-bond acceptors (Lipinski definition) is 1. The van der Waals surface area contributed by atoms with Crippen LogP contribution in [-0.4, -0.2) is 10.1 Å². The van der Waals surface area contributed by atoms with Crippen molar-refractivity contribution in [3.8, 4) is 0 Å². The van der Waals surface area contributed by atoms with Gasteiger partial charge in [0.2, 0.25) is 0 Å². The van der Waals surface area contributed by atoms with Crippen LogP contribution < -0.4 is 0 Å². The van der Waals surface area contributed by atoms with Gasteiger partial charge in [0.25, 0.3) is 0 Å². The molecule has 0 amide bonds. The molecule has 2 fully saturated rings. The second-order valence-electron chi connectivity index (χ2n) is 2.73. The van der Waals surface area contributed by atoms with Gasteiger partial charge in [-0.05, 0) is 18.8 Å². The Hall–Kier alpha value is 0.150. The number of rotatable bonds is 0. The molecule has 44 valence electrons. The normalized spacial score (nSPS) is 51.6. The standard InChI is InChI=1S/C6H7BrO/c7-6-3-4(6)1-2-5(6)8/h4H,1-3H2. The second kappa shape index (κ2) is 1.18. The van der Waals surface area contributed by atoms with Crippen molar-refractivity contribution in [1.82, 2.24) is 0 Å². The highest BCUT2D eigenvalue weighted by molar-refractivity contribution is 9.10. The van der Waals surface area contributed by atoms with Crippen molar-refractivity contribution in [3.63, 3.8) is 0 Å². The lowest BCUT2D eigenvalue weighted by Gasteiger charge is -1.93. The summed E-state index contributed by atoms with van der Waals surface area (Å²) in [5.74, 6) is 1.14. The van der Waals surface area contributed by atoms with E-state index in [2.05, 4.69) is 15.9 Å². The van der Waals surface area contributed by atoms with Crippen LogP contribution in [0.1, 0.15) is 19.3 Å². The zero-order chi connectivity index (χ0) is 5.78. The monoisotopic (exact) mass is 174 g/mol. The first-order valence-electron chi connectivity index (χ1n) is 2.96. The van der Waals surface area contributed by atoms with Crippen LogP contribution in [0.2, 0.25) is 0 Å². The van der Waals surface area contributed by atoms with Gasteiger partial charge in [-0.1, -0.05) is 15.9 Å². The molecule has 0 aromatic rings. The van der Waals surface area contributed by atoms with Crippen molar-refractivity contribution >= 4 is 21.7 Å². The third kappa shape index (κ3) is 0.402. The molecule has 8 heavy (non-hydrogen) atoms. The predicted molar refractivity (Wildman–Crippen MR) is 34.0 cm³/mol. The first-order chi connectivity index (χ1) is 3.73. The van der Waals surface area contributed by atoms with E-state index in [1.54, 1.807) is 0 Å². The molecule has 2 aliphatic carbocycles. The second-order valence-corrected chi connectivity index (χ2v) is 4.14. The minimum Gasteiger partial charge on any atom is -0.298 e. The summed E-state index contributed by atoms with van der Waals surface area (Å²) in [6.45, 7) is 0. The molecule has 2 rings (SSSR count). The van der Waals surface area contributed by atoms with Gasteiger partial charge in [-0.3, -0.25) is 4.79 Å². The zero-order valence-corrected chi connectivity index (χ0v) is 6.07. The topological polar surface area (TPSA) is 17.1 Å². The molecular formula is C6H7BrO. The molecule has 2 unspecified atom stereocenters. The lowest BCUT2D eigenvalue weighted by Crippen LogP contribution is -2.09. The summed E-state index contributed by atoms with van der Waals surface area (Å²) < 4.78 is -0.00694. The molecule has 0 spiro atoms. The van der Waals surface area contributed by atoms with Crippen LogP contribution in [0.25, 0.3) is 0 Å². The van der Waals surface area contributed by atoms with Gasteiger partial charge >= 0.3 is 0 Å². The summed E-state index contributed by atoms with van der Waals surface area (Å²) in [5.41, 5.74) is 0. The van der Waals surface area contributed by atoms with Gasteiger partial charge in [-0.2, -0.15) is 0 Å². The van der Waals surface area contributed by atoms with Crippen molar-refractivity contribution in [2.75, 3.05) is 0 Å². The highest BCUT2D eigenvalue weighted by Gasteiger charge is 2.61. The lowest BCUT2D eigenvalue weighted by atomic mass is 10.2. The van der Waals surface area contributed by atoms with Gasteiger partial charge in [0, 0.05) is 6.42 Å². The number of carbonyl (C=O) groups excluding carboxylic acids is 1. The molecule has 0 aliphatic heterocycles. The molecule has 2 atom stereocenters. The maximum atomic E-state index is 10.9. The zero-order valence-electron chi connectivity index (χ0n) is 4.48. The maximum absolute atomic E-state index is 10.9. The molecule has 0 aromatic heterocycles. The molecule has 0 saturated heterocycles. The fourth-order valence-electron chi connectivity index (χ4n) is 1.49. The Balaban J connectivity index is 2.31. The first-order valence-corrected chi connectivity index (χ1v) is 3.75. The van der Waals surface area contributed by atoms with Crippen LogP contribution in [0.4, 0.5) is 0 Å². The summed E-state index contributed by atoms with van der Waals surface area (Å²) >= 11 is 3.43. The van der Waals surface area contributed by atoms with Gasteiger partial charge in [0.05, 0.1) is 4.32 Å². The number of Topliss-reactive ketones (excluding diaryl/α,β-unsaturated/α-hetero) is 1. The molecular weight excluding hydrogens is 168 g/mol. The van der Waals surface area contributed by atoms with Crippen LogP contribution in [0.15, 0.2) is 0 Å². The SMILES string of the molecule is O=C1CCC2CC12Br. The molecule has 2 aliphatic rings. The molecule has 2 heteroatoms. The number of fused-ring (bicyclic) bond motifs is 1. The number of ketones is 1. The summed E-state index contributed by atoms with van der Waals surface area (Å²) in [6.07, 6.45) is 3.05. The lowest BCUT2D eigenvalue weighted by molar-refractivity contribution is -0.118. The first kappa shape index (κ1) is 4.98. The highest BCUT2D eigenvalue weighted by atomic mass is 79.9. The van der Waals surface area contributed by atoms with E-state index in [-0.39, 0.29) is 4.32 Å². The Labute approximate surface area is 56.6 Å². The molecule has 0 aromatic carbocycles. The van der Waals surface area contributed by atoms with E-state index < -0.39 is 0 Å². The van der Waals surface area contributed by atoms with Crippen molar-refractivity contribution in [2.24, 2.45) is 5.92 Å². The van der Waals surface area contributed by atoms with E-state index in [0.717, 1.165) is 19.3 Å². The molecule has 2 saturated carbocycles. The number of alkyl halides is 1. The Bertz CT molecular complexity index is 153. The van der Waals surface area contributed by atoms with E-state index >= 15 is 0 Å². The molecule has 0 heterocycles. The van der Waals surface area contributed by atoms with Crippen LogP contribution in [0, 0.1) is 5.92 Å². The average molecular weight is 175 g/mol. The molecule has 0 N–H and O–H groups in total. The Kier molecular flexibility index (Phi) is 0.733. The van der Waals surface area contributed by atoms with E-state index in [4.69, 9.17) is 0 Å². The molecule has 0 bridgehead atoms. The smallest absolute Gasteiger partial charge is 0.149 e. The van der Waals surface area contributed by atoms with E-state index in [1.165, 1.54) is 0 Å². The minimum absolute atomic E-state index is 0.00694. The van der Waals surface area contributed by atoms with Crippen LogP contribution >= 0.6 is 15.9 Å². The third-order valence-electron chi connectivity index (χ3n) is 2.21. The maximum Gasteiger partial charge on any atom is 0.149 e. The van der Waals surface area contributed by atoms with Crippen LogP contribution in [-0.2, 0) is 4.79 Å². The number of carbonyl (C=O) groups is 1. The molecule has 0 radical (unpaired) electrons. The summed E-state index contributed by atoms with van der Waals surface area (Å²) in [6, 6.07) is 0. The summed E-state index contributed by atoms with van der Waals surface area (Å²) in [4.78, 5) is 10.9. The van der Waals surface area contributed by atoms with Gasteiger partial charge in [-0.15, -0.1) is 0 Å². The van der Waals surface area contributed by atoms with E-state index in [1.807, 2.05) is 0 Å². The van der Waals surface area contributed by atoms with Gasteiger partial charge in [0.1, 0.15) is 5.78 Å². The largest absolute Gasteiger partial charge is 0.298 e. The van der Waals surface area contributed by atoms with Crippen molar-refractivity contribution in [3.05, 3.63) is 0 Å². The van der Waals surface area contributed by atoms with Crippen molar-refractivity contribution in [1.29, 1.82) is 0 Å². The van der Waals surface area contributed by atoms with Crippen molar-refractivity contribution < 1.29 is 4.79 Å². The third-order valence-corrected chi connectivity index (χ3v) is 3.63. The minimum atomic E-state index is -0.00694. The number of hydrogen-bond donors (Lipinski definition) is 0. The predicted octanol–water partition coefficient (Wildman–Crippen LogP) is 1.50. The van der Waals surface area contributed by atoms with Crippen LogP contribution in [0.3, 0.4) is 0 Å². The van der Waals surface area contributed by atoms with Crippen molar-refractivity contribution in [2.45, 2.75) is 23.6 Å². The van der Waals surface area contributed by atoms with Crippen LogP contribution in [0.5, 0.6) is 0 Å². The Morgan fingerprint density at radius 3 is 2.62 bits per heavy atom. The van der Waals surface area contributed by atoms with Gasteiger partial charge < -0.3 is 0 Å².